The predicted molar refractivity (Wildman–Crippen MR) is 90.6 cm³/mol. The molecular formula is C18H21N5. The van der Waals surface area contributed by atoms with Crippen LogP contribution in [0.5, 0.6) is 0 Å². The van der Waals surface area contributed by atoms with Crippen LogP contribution in [0.1, 0.15) is 51.2 Å². The van der Waals surface area contributed by atoms with Gasteiger partial charge in [-0.2, -0.15) is 5.10 Å². The summed E-state index contributed by atoms with van der Waals surface area (Å²) >= 11 is 0. The van der Waals surface area contributed by atoms with E-state index in [1.807, 2.05) is 35.1 Å². The molecule has 118 valence electrons. The average Bonchev–Trinajstić information content (AvgIpc) is 3.09. The first-order valence-corrected chi connectivity index (χ1v) is 7.91. The molecule has 0 saturated heterocycles. The molecule has 3 rings (SSSR count). The van der Waals surface area contributed by atoms with Gasteiger partial charge in [-0.1, -0.05) is 39.8 Å². The molecule has 0 radical (unpaired) electrons. The van der Waals surface area contributed by atoms with Crippen molar-refractivity contribution >= 4 is 0 Å². The van der Waals surface area contributed by atoms with Crippen LogP contribution in [0.2, 0.25) is 0 Å². The van der Waals surface area contributed by atoms with Gasteiger partial charge in [0.1, 0.15) is 11.6 Å². The second-order valence-corrected chi connectivity index (χ2v) is 6.19. The van der Waals surface area contributed by atoms with Crippen molar-refractivity contribution in [3.05, 3.63) is 54.4 Å². The molecule has 0 aliphatic carbocycles. The molecule has 2 heterocycles. The van der Waals surface area contributed by atoms with Crippen LogP contribution in [0.15, 0.2) is 42.7 Å². The first-order valence-electron chi connectivity index (χ1n) is 7.91. The molecule has 5 heteroatoms. The topological polar surface area (TPSA) is 56.5 Å². The Morgan fingerprint density at radius 3 is 2.13 bits per heavy atom. The van der Waals surface area contributed by atoms with Crippen LogP contribution in [0.4, 0.5) is 0 Å². The number of aromatic nitrogens is 5. The Hall–Kier alpha value is -2.56. The van der Waals surface area contributed by atoms with Crippen LogP contribution in [-0.2, 0) is 0 Å². The maximum absolute atomic E-state index is 4.66. The van der Waals surface area contributed by atoms with E-state index in [-0.39, 0.29) is 11.8 Å². The lowest BCUT2D eigenvalue weighted by atomic mass is 10.1. The molecule has 0 N–H and O–H groups in total. The molecule has 0 saturated carbocycles. The fourth-order valence-corrected chi connectivity index (χ4v) is 2.26. The van der Waals surface area contributed by atoms with Gasteiger partial charge in [-0.3, -0.25) is 0 Å². The molecule has 0 spiro atoms. The summed E-state index contributed by atoms with van der Waals surface area (Å²) in [5.74, 6) is 2.93. The third-order valence-corrected chi connectivity index (χ3v) is 3.58. The Balaban J connectivity index is 2.09. The molecule has 2 aromatic heterocycles. The summed E-state index contributed by atoms with van der Waals surface area (Å²) in [6.45, 7) is 8.40. The highest BCUT2D eigenvalue weighted by Crippen LogP contribution is 2.22. The molecule has 0 amide bonds. The number of rotatable bonds is 4. The molecule has 23 heavy (non-hydrogen) atoms. The second-order valence-electron chi connectivity index (χ2n) is 6.19. The lowest BCUT2D eigenvalue weighted by Gasteiger charge is -2.12. The van der Waals surface area contributed by atoms with E-state index in [0.29, 0.717) is 0 Å². The molecular weight excluding hydrogens is 286 g/mol. The first kappa shape index (κ1) is 15.3. The maximum atomic E-state index is 4.66. The van der Waals surface area contributed by atoms with Crippen molar-refractivity contribution in [3.63, 3.8) is 0 Å². The quantitative estimate of drug-likeness (QED) is 0.732. The standard InChI is InChI=1S/C18H21N5/c1-12(2)16-20-17(13(3)4)22-18(21-16)14-7-5-8-15(11-14)23-10-6-9-19-23/h5-13H,1-4H3. The van der Waals surface area contributed by atoms with Gasteiger partial charge in [-0.25, -0.2) is 19.6 Å². The van der Waals surface area contributed by atoms with Gasteiger partial charge in [-0.15, -0.1) is 0 Å². The van der Waals surface area contributed by atoms with Crippen molar-refractivity contribution in [1.29, 1.82) is 0 Å². The fraction of sp³-hybridized carbons (Fsp3) is 0.333. The molecule has 0 bridgehead atoms. The predicted octanol–water partition coefficient (Wildman–Crippen LogP) is 3.97. The zero-order valence-electron chi connectivity index (χ0n) is 13.9. The SMILES string of the molecule is CC(C)c1nc(-c2cccc(-n3cccn3)c2)nc(C(C)C)n1. The van der Waals surface area contributed by atoms with E-state index in [4.69, 9.17) is 0 Å². The summed E-state index contributed by atoms with van der Waals surface area (Å²) in [7, 11) is 0. The van der Waals surface area contributed by atoms with Crippen LogP contribution in [0.25, 0.3) is 17.1 Å². The minimum atomic E-state index is 0.267. The van der Waals surface area contributed by atoms with Crippen LogP contribution in [-0.4, -0.2) is 24.7 Å². The van der Waals surface area contributed by atoms with Gasteiger partial charge in [0.15, 0.2) is 5.82 Å². The zero-order chi connectivity index (χ0) is 16.4. The van der Waals surface area contributed by atoms with E-state index < -0.39 is 0 Å². The summed E-state index contributed by atoms with van der Waals surface area (Å²) in [6, 6.07) is 10.0. The number of nitrogens with zero attached hydrogens (tertiary/aromatic N) is 5. The number of hydrogen-bond donors (Lipinski definition) is 0. The highest BCUT2D eigenvalue weighted by atomic mass is 15.3. The molecule has 3 aromatic rings. The van der Waals surface area contributed by atoms with Crippen molar-refractivity contribution in [2.75, 3.05) is 0 Å². The van der Waals surface area contributed by atoms with E-state index in [1.54, 1.807) is 6.20 Å². The highest BCUT2D eigenvalue weighted by molar-refractivity contribution is 5.59. The minimum absolute atomic E-state index is 0.267. The van der Waals surface area contributed by atoms with E-state index >= 15 is 0 Å². The highest BCUT2D eigenvalue weighted by Gasteiger charge is 2.13. The lowest BCUT2D eigenvalue weighted by Crippen LogP contribution is -2.08. The van der Waals surface area contributed by atoms with Gasteiger partial charge < -0.3 is 0 Å². The Kier molecular flexibility index (Phi) is 4.19. The number of benzene rings is 1. The normalized spacial score (nSPS) is 11.4. The van der Waals surface area contributed by atoms with Gasteiger partial charge in [0.05, 0.1) is 5.69 Å². The second kappa shape index (κ2) is 6.28. The Morgan fingerprint density at radius 2 is 1.57 bits per heavy atom. The van der Waals surface area contributed by atoms with Crippen molar-refractivity contribution in [3.8, 4) is 17.1 Å². The minimum Gasteiger partial charge on any atom is -0.241 e. The van der Waals surface area contributed by atoms with Gasteiger partial charge in [-0.05, 0) is 18.2 Å². The maximum Gasteiger partial charge on any atom is 0.163 e. The van der Waals surface area contributed by atoms with Crippen molar-refractivity contribution in [2.45, 2.75) is 39.5 Å². The molecule has 0 aliphatic heterocycles. The first-order chi connectivity index (χ1) is 11.0. The number of hydrogen-bond acceptors (Lipinski definition) is 4. The summed E-state index contributed by atoms with van der Waals surface area (Å²) in [5, 5.41) is 4.28. The van der Waals surface area contributed by atoms with E-state index in [1.165, 1.54) is 0 Å². The summed E-state index contributed by atoms with van der Waals surface area (Å²) < 4.78 is 1.83. The van der Waals surface area contributed by atoms with E-state index in [2.05, 4.69) is 53.8 Å². The monoisotopic (exact) mass is 307 g/mol. The lowest BCUT2D eigenvalue weighted by molar-refractivity contribution is 0.697. The third-order valence-electron chi connectivity index (χ3n) is 3.58. The van der Waals surface area contributed by atoms with Crippen molar-refractivity contribution < 1.29 is 0 Å². The Bertz CT molecular complexity index is 765. The van der Waals surface area contributed by atoms with Gasteiger partial charge in [0.25, 0.3) is 0 Å². The average molecular weight is 307 g/mol. The Morgan fingerprint density at radius 1 is 0.870 bits per heavy atom. The third kappa shape index (κ3) is 3.28. The molecule has 0 unspecified atom stereocenters. The molecule has 0 fully saturated rings. The van der Waals surface area contributed by atoms with Crippen molar-refractivity contribution in [2.24, 2.45) is 0 Å². The van der Waals surface area contributed by atoms with Gasteiger partial charge in [0.2, 0.25) is 0 Å². The summed E-state index contributed by atoms with van der Waals surface area (Å²) in [6.07, 6.45) is 3.69. The molecule has 0 aliphatic rings. The summed E-state index contributed by atoms with van der Waals surface area (Å²) in [5.41, 5.74) is 1.97. The summed E-state index contributed by atoms with van der Waals surface area (Å²) in [4.78, 5) is 13.9. The largest absolute Gasteiger partial charge is 0.241 e. The van der Waals surface area contributed by atoms with Gasteiger partial charge >= 0.3 is 0 Å². The Labute approximate surface area is 136 Å². The van der Waals surface area contributed by atoms with Crippen LogP contribution in [0.3, 0.4) is 0 Å². The van der Waals surface area contributed by atoms with Crippen LogP contribution >= 0.6 is 0 Å². The van der Waals surface area contributed by atoms with Crippen LogP contribution < -0.4 is 0 Å². The fourth-order valence-electron chi connectivity index (χ4n) is 2.26. The van der Waals surface area contributed by atoms with Crippen LogP contribution in [0, 0.1) is 0 Å². The van der Waals surface area contributed by atoms with Gasteiger partial charge in [0, 0.05) is 29.8 Å². The smallest absolute Gasteiger partial charge is 0.163 e. The zero-order valence-corrected chi connectivity index (χ0v) is 13.9. The van der Waals surface area contributed by atoms with Crippen molar-refractivity contribution in [1.82, 2.24) is 24.7 Å². The van der Waals surface area contributed by atoms with E-state index in [9.17, 15) is 0 Å². The molecule has 1 aromatic carbocycles. The van der Waals surface area contributed by atoms with E-state index in [0.717, 1.165) is 28.7 Å². The molecule has 5 nitrogen and oxygen atoms in total. The molecule has 0 atom stereocenters.